The highest BCUT2D eigenvalue weighted by Crippen LogP contribution is 2.65. The fourth-order valence-electron chi connectivity index (χ4n) is 6.10. The predicted molar refractivity (Wildman–Crippen MR) is 141 cm³/mol. The summed E-state index contributed by atoms with van der Waals surface area (Å²) in [6.07, 6.45) is 0. The molecule has 0 bridgehead atoms. The second-order valence-corrected chi connectivity index (χ2v) is 10.0. The van der Waals surface area contributed by atoms with E-state index < -0.39 is 0 Å². The zero-order valence-electron chi connectivity index (χ0n) is 17.6. The largest absolute Gasteiger partial charge is 0.0843 e. The van der Waals surface area contributed by atoms with Crippen LogP contribution in [0.1, 0.15) is 22.3 Å². The van der Waals surface area contributed by atoms with Gasteiger partial charge in [0.1, 0.15) is 0 Å². The maximum atomic E-state index is 6.46. The molecule has 0 amide bonds. The van der Waals surface area contributed by atoms with Crippen LogP contribution in [-0.4, -0.2) is 0 Å². The molecule has 0 heterocycles. The van der Waals surface area contributed by atoms with Crippen LogP contribution in [0.4, 0.5) is 0 Å². The maximum absolute atomic E-state index is 6.46. The van der Waals surface area contributed by atoms with Gasteiger partial charge in [0.05, 0.1) is 5.41 Å². The summed E-state index contributed by atoms with van der Waals surface area (Å²) in [5, 5.41) is 0.754. The highest BCUT2D eigenvalue weighted by atomic mass is 79.9. The SMILES string of the molecule is Clc1cccc(-c2cccc3c2C2(c4ccccc4-3)c3ccccc3-c3c(Br)cccc32)c1. The van der Waals surface area contributed by atoms with Crippen molar-refractivity contribution in [2.24, 2.45) is 0 Å². The first kappa shape index (κ1) is 19.3. The van der Waals surface area contributed by atoms with Gasteiger partial charge < -0.3 is 0 Å². The first-order valence-corrected chi connectivity index (χ1v) is 12.3. The van der Waals surface area contributed by atoms with Crippen molar-refractivity contribution in [1.29, 1.82) is 0 Å². The molecular formula is C31H18BrCl. The van der Waals surface area contributed by atoms with Crippen molar-refractivity contribution in [1.82, 2.24) is 0 Å². The molecule has 1 spiro atoms. The minimum Gasteiger partial charge on any atom is -0.0843 e. The molecule has 1 atom stereocenters. The molecule has 5 aromatic carbocycles. The average Bonchev–Trinajstić information content (AvgIpc) is 3.32. The number of fused-ring (bicyclic) bond motifs is 10. The summed E-state index contributed by atoms with van der Waals surface area (Å²) < 4.78 is 1.13. The van der Waals surface area contributed by atoms with Gasteiger partial charge in [-0.15, -0.1) is 0 Å². The van der Waals surface area contributed by atoms with Crippen LogP contribution in [0.25, 0.3) is 33.4 Å². The number of rotatable bonds is 1. The van der Waals surface area contributed by atoms with Gasteiger partial charge in [-0.3, -0.25) is 0 Å². The molecule has 0 fully saturated rings. The predicted octanol–water partition coefficient (Wildman–Crippen LogP) is 9.11. The highest BCUT2D eigenvalue weighted by molar-refractivity contribution is 9.10. The summed E-state index contributed by atoms with van der Waals surface area (Å²) >= 11 is 10.3. The lowest BCUT2D eigenvalue weighted by atomic mass is 9.68. The summed E-state index contributed by atoms with van der Waals surface area (Å²) in [6.45, 7) is 0. The Morgan fingerprint density at radius 2 is 1.15 bits per heavy atom. The first-order chi connectivity index (χ1) is 16.2. The lowest BCUT2D eigenvalue weighted by Gasteiger charge is -2.32. The zero-order valence-corrected chi connectivity index (χ0v) is 20.0. The molecule has 33 heavy (non-hydrogen) atoms. The van der Waals surface area contributed by atoms with Gasteiger partial charge in [0.2, 0.25) is 0 Å². The summed E-state index contributed by atoms with van der Waals surface area (Å²) in [6, 6.07) is 39.3. The summed E-state index contributed by atoms with van der Waals surface area (Å²) in [4.78, 5) is 0. The van der Waals surface area contributed by atoms with Crippen LogP contribution in [0, 0.1) is 0 Å². The second-order valence-electron chi connectivity index (χ2n) is 8.74. The molecule has 2 aliphatic rings. The third-order valence-corrected chi connectivity index (χ3v) is 8.11. The van der Waals surface area contributed by atoms with Gasteiger partial charge in [-0.2, -0.15) is 0 Å². The van der Waals surface area contributed by atoms with Crippen molar-refractivity contribution in [2.75, 3.05) is 0 Å². The number of hydrogen-bond donors (Lipinski definition) is 0. The van der Waals surface area contributed by atoms with E-state index in [1.54, 1.807) is 0 Å². The minimum atomic E-state index is -0.374. The highest BCUT2D eigenvalue weighted by Gasteiger charge is 2.53. The third kappa shape index (κ3) is 2.42. The van der Waals surface area contributed by atoms with Gasteiger partial charge in [-0.1, -0.05) is 119 Å². The van der Waals surface area contributed by atoms with E-state index in [0.29, 0.717) is 0 Å². The Bertz CT molecular complexity index is 1600. The van der Waals surface area contributed by atoms with Crippen LogP contribution >= 0.6 is 27.5 Å². The smallest absolute Gasteiger partial charge is 0.0731 e. The Kier molecular flexibility index (Phi) is 4.07. The van der Waals surface area contributed by atoms with Crippen molar-refractivity contribution in [3.05, 3.63) is 141 Å². The summed E-state index contributed by atoms with van der Waals surface area (Å²) in [7, 11) is 0. The van der Waals surface area contributed by atoms with Crippen molar-refractivity contribution < 1.29 is 0 Å². The Labute approximate surface area is 206 Å². The van der Waals surface area contributed by atoms with Gasteiger partial charge in [0.25, 0.3) is 0 Å². The molecular weight excluding hydrogens is 488 g/mol. The average molecular weight is 506 g/mol. The maximum Gasteiger partial charge on any atom is 0.0731 e. The van der Waals surface area contributed by atoms with Crippen molar-refractivity contribution in [2.45, 2.75) is 5.41 Å². The van der Waals surface area contributed by atoms with Crippen LogP contribution in [0.3, 0.4) is 0 Å². The molecule has 2 aliphatic carbocycles. The monoisotopic (exact) mass is 504 g/mol. The fraction of sp³-hybridized carbons (Fsp3) is 0.0323. The normalized spacial score (nSPS) is 16.9. The molecule has 0 nitrogen and oxygen atoms in total. The topological polar surface area (TPSA) is 0 Å². The van der Waals surface area contributed by atoms with Crippen LogP contribution in [0.15, 0.2) is 114 Å². The van der Waals surface area contributed by atoms with Crippen LogP contribution in [-0.2, 0) is 5.41 Å². The second kappa shape index (κ2) is 6.93. The molecule has 7 rings (SSSR count). The van der Waals surface area contributed by atoms with Crippen molar-refractivity contribution in [3.8, 4) is 33.4 Å². The zero-order chi connectivity index (χ0) is 22.2. The van der Waals surface area contributed by atoms with E-state index in [1.807, 2.05) is 12.1 Å². The van der Waals surface area contributed by atoms with Gasteiger partial charge in [0.15, 0.2) is 0 Å². The van der Waals surface area contributed by atoms with E-state index in [9.17, 15) is 0 Å². The molecule has 0 radical (unpaired) electrons. The fourth-order valence-corrected chi connectivity index (χ4v) is 6.87. The van der Waals surface area contributed by atoms with Gasteiger partial charge in [0, 0.05) is 15.1 Å². The molecule has 5 aromatic rings. The van der Waals surface area contributed by atoms with E-state index in [2.05, 4.69) is 113 Å². The van der Waals surface area contributed by atoms with Crippen LogP contribution in [0.2, 0.25) is 5.02 Å². The third-order valence-electron chi connectivity index (χ3n) is 7.21. The Morgan fingerprint density at radius 3 is 1.97 bits per heavy atom. The standard InChI is InChI=1S/C31H18BrCl/c32-28-17-7-16-27-29(28)24-11-2-4-15-26(24)31(27)25-14-3-1-10-22(25)23-13-6-12-21(30(23)31)19-8-5-9-20(33)18-19/h1-18H. The van der Waals surface area contributed by atoms with Gasteiger partial charge in [-0.25, -0.2) is 0 Å². The van der Waals surface area contributed by atoms with E-state index >= 15 is 0 Å². The molecule has 1 unspecified atom stereocenters. The Morgan fingerprint density at radius 1 is 0.545 bits per heavy atom. The van der Waals surface area contributed by atoms with E-state index in [-0.39, 0.29) is 5.41 Å². The van der Waals surface area contributed by atoms with Crippen molar-refractivity contribution >= 4 is 27.5 Å². The van der Waals surface area contributed by atoms with E-state index in [1.165, 1.54) is 50.1 Å². The molecule has 0 aromatic heterocycles. The van der Waals surface area contributed by atoms with Crippen LogP contribution in [0.5, 0.6) is 0 Å². The number of halogens is 2. The first-order valence-electron chi connectivity index (χ1n) is 11.1. The molecule has 0 saturated heterocycles. The molecule has 2 heteroatoms. The van der Waals surface area contributed by atoms with Crippen molar-refractivity contribution in [3.63, 3.8) is 0 Å². The Hall–Kier alpha value is -3.13. The lowest BCUT2D eigenvalue weighted by Crippen LogP contribution is -2.26. The molecule has 0 aliphatic heterocycles. The van der Waals surface area contributed by atoms with Gasteiger partial charge >= 0.3 is 0 Å². The summed E-state index contributed by atoms with van der Waals surface area (Å²) in [5.41, 5.74) is 12.6. The molecule has 0 saturated carbocycles. The van der Waals surface area contributed by atoms with E-state index in [0.717, 1.165) is 15.1 Å². The summed E-state index contributed by atoms with van der Waals surface area (Å²) in [5.74, 6) is 0. The van der Waals surface area contributed by atoms with Crippen LogP contribution < -0.4 is 0 Å². The molecule has 156 valence electrons. The lowest BCUT2D eigenvalue weighted by molar-refractivity contribution is 0.795. The Balaban J connectivity index is 1.72. The van der Waals surface area contributed by atoms with Gasteiger partial charge in [-0.05, 0) is 68.3 Å². The number of hydrogen-bond acceptors (Lipinski definition) is 0. The minimum absolute atomic E-state index is 0.374. The van der Waals surface area contributed by atoms with E-state index in [4.69, 9.17) is 11.6 Å². The number of benzene rings is 5. The quantitative estimate of drug-likeness (QED) is 0.209. The molecule has 0 N–H and O–H groups in total.